The third-order valence-corrected chi connectivity index (χ3v) is 3.99. The minimum absolute atomic E-state index is 0.0182. The monoisotopic (exact) mass is 317 g/mol. The molecule has 1 fully saturated rings. The zero-order valence-corrected chi connectivity index (χ0v) is 12.1. The van der Waals surface area contributed by atoms with Gasteiger partial charge >= 0.3 is 0 Å². The lowest BCUT2D eigenvalue weighted by Gasteiger charge is -2.27. The topological polar surface area (TPSA) is 30.5 Å². The molecule has 1 aliphatic rings. The van der Waals surface area contributed by atoms with Crippen molar-refractivity contribution < 1.29 is 13.9 Å². The number of nitrogens with one attached hydrogen (secondary N) is 1. The molecule has 0 amide bonds. The van der Waals surface area contributed by atoms with Gasteiger partial charge in [-0.2, -0.15) is 0 Å². The van der Waals surface area contributed by atoms with Crippen LogP contribution in [-0.2, 0) is 0 Å². The number of ether oxygens (including phenoxy) is 2. The van der Waals surface area contributed by atoms with E-state index < -0.39 is 6.17 Å². The van der Waals surface area contributed by atoms with Crippen molar-refractivity contribution in [2.45, 2.75) is 25.1 Å². The zero-order valence-electron chi connectivity index (χ0n) is 10.5. The predicted molar refractivity (Wildman–Crippen MR) is 72.1 cm³/mol. The number of methoxy groups -OCH3 is 2. The maximum absolute atomic E-state index is 13.5. The van der Waals surface area contributed by atoms with Crippen molar-refractivity contribution in [3.05, 3.63) is 22.2 Å². The summed E-state index contributed by atoms with van der Waals surface area (Å²) in [5, 5.41) is 3.32. The van der Waals surface area contributed by atoms with Gasteiger partial charge in [0.15, 0.2) is 0 Å². The van der Waals surface area contributed by atoms with Gasteiger partial charge in [0.2, 0.25) is 0 Å². The van der Waals surface area contributed by atoms with Gasteiger partial charge in [-0.1, -0.05) is 0 Å². The molecule has 18 heavy (non-hydrogen) atoms. The highest BCUT2D eigenvalue weighted by Crippen LogP contribution is 2.38. The maximum atomic E-state index is 13.5. The van der Waals surface area contributed by atoms with Gasteiger partial charge in [-0.05, 0) is 53.0 Å². The molecule has 0 unspecified atom stereocenters. The van der Waals surface area contributed by atoms with Crippen LogP contribution < -0.4 is 14.8 Å². The smallest absolute Gasteiger partial charge is 0.137 e. The molecule has 1 N–H and O–H groups in total. The van der Waals surface area contributed by atoms with Crippen molar-refractivity contribution in [3.8, 4) is 11.5 Å². The Morgan fingerprint density at radius 3 is 2.39 bits per heavy atom. The summed E-state index contributed by atoms with van der Waals surface area (Å²) in [6, 6.07) is 3.86. The van der Waals surface area contributed by atoms with Gasteiger partial charge in [0.05, 0.1) is 14.2 Å². The molecule has 3 nitrogen and oxygen atoms in total. The van der Waals surface area contributed by atoms with E-state index in [1.54, 1.807) is 14.2 Å². The van der Waals surface area contributed by atoms with Gasteiger partial charge in [-0.3, -0.25) is 0 Å². The summed E-state index contributed by atoms with van der Waals surface area (Å²) in [4.78, 5) is 0. The van der Waals surface area contributed by atoms with Crippen molar-refractivity contribution in [1.82, 2.24) is 5.32 Å². The van der Waals surface area contributed by atoms with E-state index in [9.17, 15) is 4.39 Å². The molecule has 1 aromatic rings. The van der Waals surface area contributed by atoms with Crippen LogP contribution in [-0.4, -0.2) is 26.9 Å². The van der Waals surface area contributed by atoms with E-state index in [-0.39, 0.29) is 6.04 Å². The van der Waals surface area contributed by atoms with Crippen molar-refractivity contribution in [2.75, 3.05) is 20.8 Å². The first-order valence-corrected chi connectivity index (χ1v) is 6.74. The molecule has 1 saturated heterocycles. The van der Waals surface area contributed by atoms with Gasteiger partial charge in [0.25, 0.3) is 0 Å². The molecule has 5 heteroatoms. The van der Waals surface area contributed by atoms with Gasteiger partial charge in [-0.15, -0.1) is 0 Å². The molecule has 100 valence electrons. The normalized spacial score (nSPS) is 23.8. The Morgan fingerprint density at radius 2 is 1.89 bits per heavy atom. The van der Waals surface area contributed by atoms with Crippen LogP contribution in [0, 0.1) is 0 Å². The second kappa shape index (κ2) is 5.89. The summed E-state index contributed by atoms with van der Waals surface area (Å²) in [7, 11) is 3.21. The first-order chi connectivity index (χ1) is 8.65. The Kier molecular flexibility index (Phi) is 4.45. The molecule has 1 heterocycles. The van der Waals surface area contributed by atoms with E-state index in [0.29, 0.717) is 30.9 Å². The van der Waals surface area contributed by atoms with Crippen molar-refractivity contribution in [1.29, 1.82) is 0 Å². The van der Waals surface area contributed by atoms with E-state index in [2.05, 4.69) is 21.2 Å². The lowest BCUT2D eigenvalue weighted by molar-refractivity contribution is 0.223. The Balaban J connectivity index is 2.32. The van der Waals surface area contributed by atoms with Crippen LogP contribution in [0.3, 0.4) is 0 Å². The number of benzene rings is 1. The summed E-state index contributed by atoms with van der Waals surface area (Å²) in [6.07, 6.45) is 0.340. The number of rotatable bonds is 3. The van der Waals surface area contributed by atoms with Gasteiger partial charge in [-0.25, -0.2) is 4.39 Å². The molecule has 1 aliphatic heterocycles. The predicted octanol–water partition coefficient (Wildman–Crippen LogP) is 3.23. The summed E-state index contributed by atoms with van der Waals surface area (Å²) >= 11 is 3.43. The van der Waals surface area contributed by atoms with Crippen LogP contribution in [0.15, 0.2) is 16.6 Å². The number of hydrogen-bond donors (Lipinski definition) is 1. The van der Waals surface area contributed by atoms with Crippen molar-refractivity contribution in [3.63, 3.8) is 0 Å². The fourth-order valence-corrected chi connectivity index (χ4v) is 2.77. The Hall–Kier alpha value is -0.810. The van der Waals surface area contributed by atoms with E-state index in [1.165, 1.54) is 0 Å². The average Bonchev–Trinajstić information content (AvgIpc) is 2.39. The molecular formula is C13H17BrFNO2. The van der Waals surface area contributed by atoms with Crippen LogP contribution in [0.25, 0.3) is 0 Å². The van der Waals surface area contributed by atoms with Crippen molar-refractivity contribution in [2.24, 2.45) is 0 Å². The van der Waals surface area contributed by atoms with Crippen LogP contribution >= 0.6 is 15.9 Å². The molecule has 0 bridgehead atoms. The fraction of sp³-hybridized carbons (Fsp3) is 0.538. The lowest BCUT2D eigenvalue weighted by atomic mass is 9.96. The molecule has 0 saturated carbocycles. The summed E-state index contributed by atoms with van der Waals surface area (Å²) in [5.74, 6) is 1.40. The molecular weight excluding hydrogens is 301 g/mol. The number of hydrogen-bond acceptors (Lipinski definition) is 3. The zero-order chi connectivity index (χ0) is 13.1. The lowest BCUT2D eigenvalue weighted by Crippen LogP contribution is -2.32. The third kappa shape index (κ3) is 2.78. The van der Waals surface area contributed by atoms with E-state index in [4.69, 9.17) is 9.47 Å². The molecule has 0 spiro atoms. The van der Waals surface area contributed by atoms with E-state index in [0.717, 1.165) is 10.0 Å². The minimum Gasteiger partial charge on any atom is -0.495 e. The Bertz CT molecular complexity index is 402. The van der Waals surface area contributed by atoms with Crippen LogP contribution in [0.4, 0.5) is 4.39 Å². The number of alkyl halides is 1. The molecule has 0 aromatic heterocycles. The molecule has 0 radical (unpaired) electrons. The second-order valence-corrected chi connectivity index (χ2v) is 5.16. The molecule has 2 rings (SSSR count). The fourth-order valence-electron chi connectivity index (χ4n) is 2.22. The molecule has 0 aliphatic carbocycles. The van der Waals surface area contributed by atoms with E-state index >= 15 is 0 Å². The maximum Gasteiger partial charge on any atom is 0.137 e. The summed E-state index contributed by atoms with van der Waals surface area (Å²) in [5.41, 5.74) is 0.995. The highest BCUT2D eigenvalue weighted by Gasteiger charge is 2.24. The SMILES string of the molecule is COc1cc([C@H]2C[C@H](F)CCN2)cc(OC)c1Br. The van der Waals surface area contributed by atoms with Gasteiger partial charge in [0, 0.05) is 6.04 Å². The van der Waals surface area contributed by atoms with Gasteiger partial charge < -0.3 is 14.8 Å². The first-order valence-electron chi connectivity index (χ1n) is 5.94. The average molecular weight is 318 g/mol. The summed E-state index contributed by atoms with van der Waals surface area (Å²) < 4.78 is 24.8. The molecule has 1 aromatic carbocycles. The number of piperidine rings is 1. The molecule has 2 atom stereocenters. The van der Waals surface area contributed by atoms with Crippen LogP contribution in [0.2, 0.25) is 0 Å². The highest BCUT2D eigenvalue weighted by molar-refractivity contribution is 9.10. The Morgan fingerprint density at radius 1 is 1.28 bits per heavy atom. The highest BCUT2D eigenvalue weighted by atomic mass is 79.9. The van der Waals surface area contributed by atoms with Crippen LogP contribution in [0.1, 0.15) is 24.4 Å². The number of halogens is 2. The quantitative estimate of drug-likeness (QED) is 0.928. The summed E-state index contributed by atoms with van der Waals surface area (Å²) in [6.45, 7) is 0.701. The standard InChI is InChI=1S/C13H17BrFNO2/c1-17-11-5-8(6-12(18-2)13(11)14)10-7-9(15)3-4-16-10/h5-6,9-10,16H,3-4,7H2,1-2H3/t9-,10-/m1/s1. The van der Waals surface area contributed by atoms with Crippen molar-refractivity contribution >= 4 is 15.9 Å². The Labute approximate surface area is 115 Å². The van der Waals surface area contributed by atoms with E-state index in [1.807, 2.05) is 12.1 Å². The van der Waals surface area contributed by atoms with Gasteiger partial charge in [0.1, 0.15) is 22.1 Å². The second-order valence-electron chi connectivity index (χ2n) is 4.37. The third-order valence-electron chi connectivity index (χ3n) is 3.21. The van der Waals surface area contributed by atoms with Crippen LogP contribution in [0.5, 0.6) is 11.5 Å². The first kappa shape index (κ1) is 13.6. The minimum atomic E-state index is -0.739. The largest absolute Gasteiger partial charge is 0.495 e.